The van der Waals surface area contributed by atoms with Crippen LogP contribution in [0, 0.1) is 13.8 Å². The lowest BCUT2D eigenvalue weighted by molar-refractivity contribution is -0.161. The average molecular weight is 333 g/mol. The molecular formula is C19H27NO4. The predicted octanol–water partition coefficient (Wildman–Crippen LogP) is 2.77. The molecule has 0 saturated carbocycles. The largest absolute Gasteiger partial charge is 0.487 e. The third-order valence-electron chi connectivity index (χ3n) is 5.37. The van der Waals surface area contributed by atoms with Crippen LogP contribution in [0.5, 0.6) is 5.75 Å². The van der Waals surface area contributed by atoms with E-state index >= 15 is 0 Å². The standard InChI is InChI=1S/C19H27NO4/c1-9-13-8-19(4,5)24-18(13)16(11(3)17(9)20)10(2)14-6-12(21)7-15(22)23-14/h10,12,14,21H,6-8,20H2,1-5H3/t10?,12-,14+/m1/s1. The number of nitrogens with two attached hydrogens (primary N) is 1. The monoisotopic (exact) mass is 333 g/mol. The Morgan fingerprint density at radius 1 is 1.29 bits per heavy atom. The van der Waals surface area contributed by atoms with Crippen LogP contribution in [0.1, 0.15) is 61.8 Å². The smallest absolute Gasteiger partial charge is 0.308 e. The van der Waals surface area contributed by atoms with Crippen LogP contribution in [0.25, 0.3) is 0 Å². The Morgan fingerprint density at radius 2 is 1.96 bits per heavy atom. The average Bonchev–Trinajstić information content (AvgIpc) is 2.79. The molecule has 1 saturated heterocycles. The molecule has 0 aromatic heterocycles. The maximum Gasteiger partial charge on any atom is 0.308 e. The van der Waals surface area contributed by atoms with E-state index in [9.17, 15) is 9.90 Å². The van der Waals surface area contributed by atoms with Gasteiger partial charge >= 0.3 is 5.97 Å². The lowest BCUT2D eigenvalue weighted by atomic mass is 9.83. The van der Waals surface area contributed by atoms with Crippen molar-refractivity contribution in [2.75, 3.05) is 5.73 Å². The van der Waals surface area contributed by atoms with Crippen LogP contribution in [-0.4, -0.2) is 28.9 Å². The summed E-state index contributed by atoms with van der Waals surface area (Å²) in [5.74, 6) is 0.448. The molecule has 2 heterocycles. The summed E-state index contributed by atoms with van der Waals surface area (Å²) in [4.78, 5) is 11.7. The summed E-state index contributed by atoms with van der Waals surface area (Å²) in [6.07, 6.45) is 0.314. The first kappa shape index (κ1) is 17.1. The number of esters is 1. The number of carbonyl (C=O) groups is 1. The van der Waals surface area contributed by atoms with Gasteiger partial charge in [-0.25, -0.2) is 0 Å². The molecule has 1 aromatic rings. The van der Waals surface area contributed by atoms with Crippen molar-refractivity contribution in [2.24, 2.45) is 0 Å². The minimum Gasteiger partial charge on any atom is -0.487 e. The molecule has 2 aliphatic rings. The molecule has 0 aliphatic carbocycles. The van der Waals surface area contributed by atoms with Gasteiger partial charge in [-0.05, 0) is 38.8 Å². The van der Waals surface area contributed by atoms with Crippen molar-refractivity contribution in [3.63, 3.8) is 0 Å². The molecule has 3 rings (SSSR count). The van der Waals surface area contributed by atoms with E-state index in [2.05, 4.69) is 13.8 Å². The number of hydrogen-bond donors (Lipinski definition) is 2. The molecule has 0 amide bonds. The number of aliphatic hydroxyl groups excluding tert-OH is 1. The molecule has 132 valence electrons. The van der Waals surface area contributed by atoms with E-state index in [1.807, 2.05) is 20.8 Å². The highest BCUT2D eigenvalue weighted by atomic mass is 16.5. The number of rotatable bonds is 2. The Hall–Kier alpha value is -1.75. The molecule has 5 nitrogen and oxygen atoms in total. The molecule has 1 fully saturated rings. The second-order valence-electron chi connectivity index (χ2n) is 7.83. The van der Waals surface area contributed by atoms with Crippen molar-refractivity contribution in [1.29, 1.82) is 0 Å². The fraction of sp³-hybridized carbons (Fsp3) is 0.632. The van der Waals surface area contributed by atoms with Crippen LogP contribution >= 0.6 is 0 Å². The number of anilines is 1. The summed E-state index contributed by atoms with van der Waals surface area (Å²) in [5.41, 5.74) is 11.1. The van der Waals surface area contributed by atoms with Crippen molar-refractivity contribution in [2.45, 2.75) is 77.6 Å². The first-order chi connectivity index (χ1) is 11.1. The number of aliphatic hydroxyl groups is 1. The van der Waals surface area contributed by atoms with Gasteiger partial charge in [0.15, 0.2) is 0 Å². The minimum atomic E-state index is -0.646. The van der Waals surface area contributed by atoms with Gasteiger partial charge in [0.25, 0.3) is 0 Å². The highest BCUT2D eigenvalue weighted by Gasteiger charge is 2.39. The summed E-state index contributed by atoms with van der Waals surface area (Å²) >= 11 is 0. The molecule has 1 aromatic carbocycles. The van der Waals surface area contributed by atoms with Crippen LogP contribution in [0.2, 0.25) is 0 Å². The number of fused-ring (bicyclic) bond motifs is 1. The number of carbonyl (C=O) groups excluding carboxylic acids is 1. The van der Waals surface area contributed by atoms with Gasteiger partial charge in [-0.1, -0.05) is 6.92 Å². The normalized spacial score (nSPS) is 26.5. The Morgan fingerprint density at radius 3 is 2.58 bits per heavy atom. The van der Waals surface area contributed by atoms with E-state index < -0.39 is 6.10 Å². The van der Waals surface area contributed by atoms with Gasteiger partial charge in [0, 0.05) is 35.6 Å². The number of cyclic esters (lactones) is 1. The van der Waals surface area contributed by atoms with Crippen molar-refractivity contribution < 1.29 is 19.4 Å². The molecule has 0 radical (unpaired) electrons. The topological polar surface area (TPSA) is 81.8 Å². The zero-order chi connectivity index (χ0) is 17.8. The predicted molar refractivity (Wildman–Crippen MR) is 92.3 cm³/mol. The first-order valence-electron chi connectivity index (χ1n) is 8.58. The van der Waals surface area contributed by atoms with Crippen LogP contribution in [0.3, 0.4) is 0 Å². The molecule has 0 spiro atoms. The fourth-order valence-electron chi connectivity index (χ4n) is 4.01. The number of hydrogen-bond acceptors (Lipinski definition) is 5. The van der Waals surface area contributed by atoms with Crippen LogP contribution in [-0.2, 0) is 16.0 Å². The number of nitrogen functional groups attached to an aromatic ring is 1. The van der Waals surface area contributed by atoms with Gasteiger partial charge in [0.2, 0.25) is 0 Å². The van der Waals surface area contributed by atoms with E-state index in [1.54, 1.807) is 0 Å². The van der Waals surface area contributed by atoms with Crippen molar-refractivity contribution >= 4 is 11.7 Å². The lowest BCUT2D eigenvalue weighted by Crippen LogP contribution is -2.36. The zero-order valence-corrected chi connectivity index (χ0v) is 15.1. The van der Waals surface area contributed by atoms with Gasteiger partial charge in [-0.15, -0.1) is 0 Å². The van der Waals surface area contributed by atoms with E-state index in [4.69, 9.17) is 15.2 Å². The van der Waals surface area contributed by atoms with Crippen LogP contribution in [0.15, 0.2) is 0 Å². The summed E-state index contributed by atoms with van der Waals surface area (Å²) in [5, 5.41) is 9.93. The Kier molecular flexibility index (Phi) is 4.03. The molecule has 3 N–H and O–H groups in total. The Bertz CT molecular complexity index is 695. The molecular weight excluding hydrogens is 306 g/mol. The van der Waals surface area contributed by atoms with Crippen molar-refractivity contribution in [1.82, 2.24) is 0 Å². The van der Waals surface area contributed by atoms with Crippen LogP contribution in [0.4, 0.5) is 5.69 Å². The SMILES string of the molecule is Cc1c(N)c(C)c(C(C)[C@@H]2C[C@@H](O)CC(=O)O2)c2c1CC(C)(C)O2. The molecule has 24 heavy (non-hydrogen) atoms. The lowest BCUT2D eigenvalue weighted by Gasteiger charge is -2.32. The minimum absolute atomic E-state index is 0.0693. The Balaban J connectivity index is 2.07. The van der Waals surface area contributed by atoms with Gasteiger partial charge in [-0.2, -0.15) is 0 Å². The molecule has 1 unspecified atom stereocenters. The van der Waals surface area contributed by atoms with Gasteiger partial charge in [0.05, 0.1) is 12.5 Å². The number of ether oxygens (including phenoxy) is 2. The highest BCUT2D eigenvalue weighted by molar-refractivity contribution is 5.72. The first-order valence-corrected chi connectivity index (χ1v) is 8.58. The Labute approximate surface area is 143 Å². The van der Waals surface area contributed by atoms with Gasteiger partial charge in [-0.3, -0.25) is 4.79 Å². The van der Waals surface area contributed by atoms with Crippen molar-refractivity contribution in [3.05, 3.63) is 22.3 Å². The quantitative estimate of drug-likeness (QED) is 0.642. The van der Waals surface area contributed by atoms with E-state index in [0.717, 1.165) is 40.1 Å². The molecule has 2 aliphatic heterocycles. The van der Waals surface area contributed by atoms with Crippen LogP contribution < -0.4 is 10.5 Å². The summed E-state index contributed by atoms with van der Waals surface area (Å²) < 4.78 is 11.8. The summed E-state index contributed by atoms with van der Waals surface area (Å²) in [6.45, 7) is 10.2. The van der Waals surface area contributed by atoms with Crippen molar-refractivity contribution in [3.8, 4) is 5.75 Å². The summed E-state index contributed by atoms with van der Waals surface area (Å²) in [6, 6.07) is 0. The highest BCUT2D eigenvalue weighted by Crippen LogP contribution is 2.48. The van der Waals surface area contributed by atoms with Gasteiger partial charge < -0.3 is 20.3 Å². The molecule has 5 heteroatoms. The van der Waals surface area contributed by atoms with E-state index in [0.29, 0.717) is 6.42 Å². The maximum absolute atomic E-state index is 11.7. The fourth-order valence-corrected chi connectivity index (χ4v) is 4.01. The zero-order valence-electron chi connectivity index (χ0n) is 15.1. The number of benzene rings is 1. The second kappa shape index (κ2) is 5.66. The third kappa shape index (κ3) is 2.75. The molecule has 3 atom stereocenters. The van der Waals surface area contributed by atoms with E-state index in [-0.39, 0.29) is 30.0 Å². The van der Waals surface area contributed by atoms with Gasteiger partial charge in [0.1, 0.15) is 17.5 Å². The molecule has 0 bridgehead atoms. The maximum atomic E-state index is 11.7. The second-order valence-corrected chi connectivity index (χ2v) is 7.83. The summed E-state index contributed by atoms with van der Waals surface area (Å²) in [7, 11) is 0. The third-order valence-corrected chi connectivity index (χ3v) is 5.37. The van der Waals surface area contributed by atoms with E-state index in [1.165, 1.54) is 0 Å².